The summed E-state index contributed by atoms with van der Waals surface area (Å²) < 4.78 is 64.2. The second kappa shape index (κ2) is 4.52. The lowest BCUT2D eigenvalue weighted by Crippen LogP contribution is -2.32. The normalized spacial score (nSPS) is 21.4. The maximum atomic E-state index is 13.5. The quantitative estimate of drug-likeness (QED) is 0.816. The van der Waals surface area contributed by atoms with E-state index in [2.05, 4.69) is 0 Å². The number of nitrogens with two attached hydrogens (primary N) is 1. The van der Waals surface area contributed by atoms with Crippen LogP contribution in [0.5, 0.6) is 0 Å². The molecule has 0 saturated carbocycles. The zero-order valence-corrected chi connectivity index (χ0v) is 10.1. The molecule has 0 aromatic heterocycles. The van der Waals surface area contributed by atoms with Crippen molar-refractivity contribution in [3.05, 3.63) is 29.6 Å². The zero-order valence-electron chi connectivity index (χ0n) is 9.24. The second-order valence-electron chi connectivity index (χ2n) is 4.09. The number of hydrogen-bond donors (Lipinski definition) is 1. The van der Waals surface area contributed by atoms with Gasteiger partial charge in [-0.1, -0.05) is 0 Å². The van der Waals surface area contributed by atoms with Crippen molar-refractivity contribution in [3.8, 4) is 0 Å². The first-order valence-corrected chi connectivity index (χ1v) is 6.67. The summed E-state index contributed by atoms with van der Waals surface area (Å²) in [6.07, 6.45) is 0.449. The Morgan fingerprint density at radius 1 is 1.22 bits per heavy atom. The Balaban J connectivity index is 2.45. The van der Waals surface area contributed by atoms with Crippen molar-refractivity contribution in [1.82, 2.24) is 4.31 Å². The van der Waals surface area contributed by atoms with Crippen LogP contribution in [0.15, 0.2) is 17.0 Å². The first-order chi connectivity index (χ1) is 8.34. The molecule has 2 rings (SSSR count). The molecule has 18 heavy (non-hydrogen) atoms. The van der Waals surface area contributed by atoms with Crippen LogP contribution in [0, 0.1) is 17.5 Å². The van der Waals surface area contributed by atoms with E-state index in [1.807, 2.05) is 0 Å². The van der Waals surface area contributed by atoms with Gasteiger partial charge in [-0.3, -0.25) is 0 Å². The minimum Gasteiger partial charge on any atom is -0.326 e. The molecule has 0 spiro atoms. The van der Waals surface area contributed by atoms with Gasteiger partial charge in [-0.15, -0.1) is 0 Å². The van der Waals surface area contributed by atoms with Gasteiger partial charge >= 0.3 is 0 Å². The molecule has 1 aromatic carbocycles. The van der Waals surface area contributed by atoms with Crippen LogP contribution in [0.1, 0.15) is 6.42 Å². The maximum Gasteiger partial charge on any atom is 0.246 e. The SMILES string of the molecule is NC1CCN(S(=O)(=O)c2ccc(F)c(F)c2F)C1. The average Bonchev–Trinajstić information content (AvgIpc) is 2.73. The van der Waals surface area contributed by atoms with Gasteiger partial charge in [0.2, 0.25) is 10.0 Å². The van der Waals surface area contributed by atoms with Gasteiger partial charge in [0.15, 0.2) is 17.5 Å². The number of sulfonamides is 1. The number of hydrogen-bond acceptors (Lipinski definition) is 3. The van der Waals surface area contributed by atoms with Crippen LogP contribution in [0.2, 0.25) is 0 Å². The molecule has 1 aliphatic heterocycles. The topological polar surface area (TPSA) is 63.4 Å². The third-order valence-electron chi connectivity index (χ3n) is 2.81. The molecule has 100 valence electrons. The number of benzene rings is 1. The van der Waals surface area contributed by atoms with E-state index in [4.69, 9.17) is 5.73 Å². The summed E-state index contributed by atoms with van der Waals surface area (Å²) in [4.78, 5) is -0.865. The van der Waals surface area contributed by atoms with Gasteiger partial charge in [-0.05, 0) is 18.6 Å². The Bertz CT molecular complexity index is 577. The molecule has 1 aliphatic rings. The summed E-state index contributed by atoms with van der Waals surface area (Å²) in [5.74, 6) is -4.92. The molecule has 0 radical (unpaired) electrons. The number of rotatable bonds is 2. The van der Waals surface area contributed by atoms with Crippen molar-refractivity contribution in [1.29, 1.82) is 0 Å². The zero-order chi connectivity index (χ0) is 13.5. The van der Waals surface area contributed by atoms with E-state index >= 15 is 0 Å². The van der Waals surface area contributed by atoms with Crippen LogP contribution in [0.3, 0.4) is 0 Å². The summed E-state index contributed by atoms with van der Waals surface area (Å²) in [7, 11) is -4.17. The molecule has 0 amide bonds. The standard InChI is InChI=1S/C10H11F3N2O2S/c11-7-1-2-8(10(13)9(7)12)18(16,17)15-4-3-6(14)5-15/h1-2,6H,3-5,14H2. The molecular formula is C10H11F3N2O2S. The van der Waals surface area contributed by atoms with Gasteiger partial charge < -0.3 is 5.73 Å². The highest BCUT2D eigenvalue weighted by Gasteiger charge is 2.34. The highest BCUT2D eigenvalue weighted by atomic mass is 32.2. The van der Waals surface area contributed by atoms with Crippen molar-refractivity contribution >= 4 is 10.0 Å². The van der Waals surface area contributed by atoms with E-state index in [1.165, 1.54) is 0 Å². The van der Waals surface area contributed by atoms with Crippen LogP contribution >= 0.6 is 0 Å². The molecule has 1 heterocycles. The smallest absolute Gasteiger partial charge is 0.246 e. The van der Waals surface area contributed by atoms with Crippen LogP contribution in [-0.2, 0) is 10.0 Å². The van der Waals surface area contributed by atoms with Gasteiger partial charge in [0.05, 0.1) is 0 Å². The lowest BCUT2D eigenvalue weighted by atomic mass is 10.3. The molecule has 1 fully saturated rings. The fourth-order valence-electron chi connectivity index (χ4n) is 1.82. The van der Waals surface area contributed by atoms with E-state index in [9.17, 15) is 21.6 Å². The lowest BCUT2D eigenvalue weighted by Gasteiger charge is -2.16. The Morgan fingerprint density at radius 3 is 2.44 bits per heavy atom. The van der Waals surface area contributed by atoms with Crippen molar-refractivity contribution in [2.75, 3.05) is 13.1 Å². The first kappa shape index (κ1) is 13.3. The Morgan fingerprint density at radius 2 is 1.89 bits per heavy atom. The maximum absolute atomic E-state index is 13.5. The van der Waals surface area contributed by atoms with Crippen LogP contribution in [-0.4, -0.2) is 31.9 Å². The minimum absolute atomic E-state index is 0.0424. The monoisotopic (exact) mass is 280 g/mol. The van der Waals surface area contributed by atoms with Gasteiger partial charge in [-0.25, -0.2) is 21.6 Å². The predicted octanol–water partition coefficient (Wildman–Crippen LogP) is 0.826. The van der Waals surface area contributed by atoms with Gasteiger partial charge in [0.25, 0.3) is 0 Å². The summed E-state index contributed by atoms with van der Waals surface area (Å²) in [5, 5.41) is 0. The molecule has 0 aliphatic carbocycles. The highest BCUT2D eigenvalue weighted by Crippen LogP contribution is 2.25. The molecule has 2 N–H and O–H groups in total. The van der Waals surface area contributed by atoms with Crippen molar-refractivity contribution in [2.24, 2.45) is 5.73 Å². The summed E-state index contributed by atoms with van der Waals surface area (Å²) in [5.41, 5.74) is 5.56. The van der Waals surface area contributed by atoms with Crippen molar-refractivity contribution < 1.29 is 21.6 Å². The van der Waals surface area contributed by atoms with Gasteiger partial charge in [0, 0.05) is 19.1 Å². The molecule has 0 bridgehead atoms. The van der Waals surface area contributed by atoms with E-state index in [0.29, 0.717) is 18.6 Å². The molecule has 1 atom stereocenters. The van der Waals surface area contributed by atoms with Gasteiger partial charge in [-0.2, -0.15) is 4.31 Å². The van der Waals surface area contributed by atoms with Crippen molar-refractivity contribution in [3.63, 3.8) is 0 Å². The molecule has 4 nitrogen and oxygen atoms in total. The molecule has 1 aromatic rings. The Labute approximate surface area is 102 Å². The van der Waals surface area contributed by atoms with Crippen molar-refractivity contribution in [2.45, 2.75) is 17.4 Å². The number of halogens is 3. The second-order valence-corrected chi connectivity index (χ2v) is 5.99. The van der Waals surface area contributed by atoms with Crippen LogP contribution in [0.25, 0.3) is 0 Å². The van der Waals surface area contributed by atoms with E-state index < -0.39 is 32.4 Å². The first-order valence-electron chi connectivity index (χ1n) is 5.23. The predicted molar refractivity (Wildman–Crippen MR) is 57.7 cm³/mol. The summed E-state index contributed by atoms with van der Waals surface area (Å²) in [6.45, 7) is 0.183. The molecular weight excluding hydrogens is 269 g/mol. The van der Waals surface area contributed by atoms with Crippen LogP contribution < -0.4 is 5.73 Å². The minimum atomic E-state index is -4.17. The average molecular weight is 280 g/mol. The fraction of sp³-hybridized carbons (Fsp3) is 0.400. The highest BCUT2D eigenvalue weighted by molar-refractivity contribution is 7.89. The van der Waals surface area contributed by atoms with Gasteiger partial charge in [0.1, 0.15) is 4.90 Å². The molecule has 1 saturated heterocycles. The Hall–Kier alpha value is -1.12. The van der Waals surface area contributed by atoms with E-state index in [1.54, 1.807) is 0 Å². The lowest BCUT2D eigenvalue weighted by molar-refractivity contribution is 0.422. The fourth-order valence-corrected chi connectivity index (χ4v) is 3.39. The third kappa shape index (κ3) is 2.11. The summed E-state index contributed by atoms with van der Waals surface area (Å²) in [6, 6.07) is 0.974. The number of nitrogens with zero attached hydrogens (tertiary/aromatic N) is 1. The van der Waals surface area contributed by atoms with E-state index in [-0.39, 0.29) is 19.1 Å². The van der Waals surface area contributed by atoms with Crippen LogP contribution in [0.4, 0.5) is 13.2 Å². The Kier molecular flexibility index (Phi) is 3.35. The molecule has 8 heteroatoms. The largest absolute Gasteiger partial charge is 0.326 e. The third-order valence-corrected chi connectivity index (χ3v) is 4.69. The summed E-state index contributed by atoms with van der Waals surface area (Å²) >= 11 is 0. The van der Waals surface area contributed by atoms with E-state index in [0.717, 1.165) is 4.31 Å². The molecule has 1 unspecified atom stereocenters.